The van der Waals surface area contributed by atoms with Gasteiger partial charge in [-0.05, 0) is 90.3 Å². The van der Waals surface area contributed by atoms with Crippen molar-refractivity contribution in [1.29, 1.82) is 0 Å². The molecule has 0 heterocycles. The van der Waals surface area contributed by atoms with Crippen molar-refractivity contribution < 1.29 is 1.43 Å². The minimum absolute atomic E-state index is 0. The van der Waals surface area contributed by atoms with Crippen LogP contribution >= 0.6 is 0 Å². The average molecular weight is 449 g/mol. The Balaban J connectivity index is 0.00000240. The van der Waals surface area contributed by atoms with Crippen LogP contribution in [0.25, 0.3) is 54.9 Å². The average Bonchev–Trinajstić information content (AvgIpc) is 3.14. The van der Waals surface area contributed by atoms with Crippen LogP contribution in [-0.4, -0.2) is 0 Å². The van der Waals surface area contributed by atoms with E-state index >= 15 is 0 Å². The zero-order chi connectivity index (χ0) is 23.6. The summed E-state index contributed by atoms with van der Waals surface area (Å²) in [6.45, 7) is 4.69. The van der Waals surface area contributed by atoms with Crippen LogP contribution in [0.1, 0.15) is 26.4 Å². The van der Waals surface area contributed by atoms with E-state index in [1.807, 2.05) is 0 Å². The van der Waals surface area contributed by atoms with Gasteiger partial charge in [0, 0.05) is 6.84 Å². The highest BCUT2D eigenvalue weighted by molar-refractivity contribution is 5.93. The Labute approximate surface area is 208 Å². The molecule has 0 heteroatoms. The summed E-state index contributed by atoms with van der Waals surface area (Å²) >= 11 is 0. The van der Waals surface area contributed by atoms with E-state index in [2.05, 4.69) is 135 Å². The summed E-state index contributed by atoms with van der Waals surface area (Å²) in [5.41, 5.74) is 10.7. The molecular weight excluding hydrogens is 420 g/mol. The minimum atomic E-state index is 0. The second-order valence-corrected chi connectivity index (χ2v) is 10.3. The van der Waals surface area contributed by atoms with E-state index < -0.39 is 0 Å². The fourth-order valence-corrected chi connectivity index (χ4v) is 5.86. The standard InChI is InChI=1S/C35H26.H2/c1-35(2)33-10-6-5-9-31(33)32-18-17-30(22-34(32)35)29-16-15-27-20-26(13-14-28(27)21-29)25-12-11-23-7-3-4-8-24(23)19-25;/h3-22H,1-2H3;1H. The van der Waals surface area contributed by atoms with Crippen LogP contribution < -0.4 is 0 Å². The molecule has 0 saturated carbocycles. The molecule has 0 N–H and O–H groups in total. The summed E-state index contributed by atoms with van der Waals surface area (Å²) in [5.74, 6) is 0. The molecule has 0 aromatic heterocycles. The van der Waals surface area contributed by atoms with Crippen LogP contribution in [0, 0.1) is 0 Å². The largest absolute Gasteiger partial charge is 0.0619 e. The lowest BCUT2D eigenvalue weighted by molar-refractivity contribution is 0.660. The highest BCUT2D eigenvalue weighted by Gasteiger charge is 2.35. The predicted molar refractivity (Wildman–Crippen MR) is 152 cm³/mol. The lowest BCUT2D eigenvalue weighted by Crippen LogP contribution is -2.14. The van der Waals surface area contributed by atoms with Gasteiger partial charge in [-0.3, -0.25) is 0 Å². The molecule has 6 aromatic carbocycles. The molecule has 0 aliphatic heterocycles. The van der Waals surface area contributed by atoms with E-state index in [9.17, 15) is 0 Å². The molecule has 1 aliphatic carbocycles. The van der Waals surface area contributed by atoms with Crippen molar-refractivity contribution in [3.8, 4) is 33.4 Å². The Kier molecular flexibility index (Phi) is 4.29. The molecule has 0 spiro atoms. The van der Waals surface area contributed by atoms with Gasteiger partial charge >= 0.3 is 0 Å². The fourth-order valence-electron chi connectivity index (χ4n) is 5.86. The van der Waals surface area contributed by atoms with Crippen molar-refractivity contribution in [1.82, 2.24) is 0 Å². The van der Waals surface area contributed by atoms with Crippen LogP contribution in [0.4, 0.5) is 0 Å². The summed E-state index contributed by atoms with van der Waals surface area (Å²) in [6.07, 6.45) is 0. The third kappa shape index (κ3) is 3.14. The lowest BCUT2D eigenvalue weighted by Gasteiger charge is -2.22. The van der Waals surface area contributed by atoms with E-state index in [-0.39, 0.29) is 6.84 Å². The Bertz CT molecular complexity index is 1770. The highest BCUT2D eigenvalue weighted by atomic mass is 14.4. The van der Waals surface area contributed by atoms with Crippen LogP contribution in [0.15, 0.2) is 121 Å². The molecule has 7 rings (SSSR count). The first-order valence-corrected chi connectivity index (χ1v) is 12.4. The van der Waals surface area contributed by atoms with Crippen LogP contribution in [0.5, 0.6) is 0 Å². The first-order chi connectivity index (χ1) is 17.1. The maximum absolute atomic E-state index is 2.40. The molecular formula is C35H28. The van der Waals surface area contributed by atoms with Crippen LogP contribution in [0.2, 0.25) is 0 Å². The summed E-state index contributed by atoms with van der Waals surface area (Å²) in [7, 11) is 0. The third-order valence-corrected chi connectivity index (χ3v) is 7.84. The van der Waals surface area contributed by atoms with Crippen molar-refractivity contribution in [2.45, 2.75) is 19.3 Å². The highest BCUT2D eigenvalue weighted by Crippen LogP contribution is 2.49. The molecule has 6 aromatic rings. The molecule has 168 valence electrons. The molecule has 0 amide bonds. The van der Waals surface area contributed by atoms with Gasteiger partial charge in [-0.2, -0.15) is 0 Å². The fraction of sp³-hybridized carbons (Fsp3) is 0.0857. The van der Waals surface area contributed by atoms with Gasteiger partial charge in [0.05, 0.1) is 0 Å². The van der Waals surface area contributed by atoms with E-state index in [0.717, 1.165) is 0 Å². The predicted octanol–water partition coefficient (Wildman–Crippen LogP) is 9.88. The zero-order valence-corrected chi connectivity index (χ0v) is 20.0. The van der Waals surface area contributed by atoms with Crippen molar-refractivity contribution >= 4 is 21.5 Å². The van der Waals surface area contributed by atoms with Gasteiger partial charge in [0.1, 0.15) is 0 Å². The van der Waals surface area contributed by atoms with E-state index in [4.69, 9.17) is 0 Å². The molecule has 0 unspecified atom stereocenters. The number of rotatable bonds is 2. The van der Waals surface area contributed by atoms with Gasteiger partial charge in [-0.25, -0.2) is 0 Å². The first-order valence-electron chi connectivity index (χ1n) is 12.4. The Morgan fingerprint density at radius 3 is 1.54 bits per heavy atom. The first kappa shape index (κ1) is 20.2. The summed E-state index contributed by atoms with van der Waals surface area (Å²) in [5, 5.41) is 5.10. The van der Waals surface area contributed by atoms with Crippen molar-refractivity contribution in [2.75, 3.05) is 0 Å². The monoisotopic (exact) mass is 448 g/mol. The van der Waals surface area contributed by atoms with Gasteiger partial charge < -0.3 is 0 Å². The lowest BCUT2D eigenvalue weighted by atomic mass is 9.81. The molecule has 0 nitrogen and oxygen atoms in total. The molecule has 35 heavy (non-hydrogen) atoms. The summed E-state index contributed by atoms with van der Waals surface area (Å²) in [6, 6.07) is 44.8. The maximum atomic E-state index is 2.40. The zero-order valence-electron chi connectivity index (χ0n) is 20.0. The van der Waals surface area contributed by atoms with Gasteiger partial charge in [0.25, 0.3) is 0 Å². The summed E-state index contributed by atoms with van der Waals surface area (Å²) in [4.78, 5) is 0. The van der Waals surface area contributed by atoms with E-state index in [1.54, 1.807) is 0 Å². The Morgan fingerprint density at radius 2 is 0.857 bits per heavy atom. The molecule has 0 bridgehead atoms. The quantitative estimate of drug-likeness (QED) is 0.247. The van der Waals surface area contributed by atoms with Crippen LogP contribution in [-0.2, 0) is 5.41 Å². The van der Waals surface area contributed by atoms with Crippen molar-refractivity contribution in [3.63, 3.8) is 0 Å². The molecule has 0 radical (unpaired) electrons. The second-order valence-electron chi connectivity index (χ2n) is 10.3. The van der Waals surface area contributed by atoms with E-state index in [0.29, 0.717) is 0 Å². The Hall–Kier alpha value is -4.16. The van der Waals surface area contributed by atoms with Gasteiger partial charge in [0.2, 0.25) is 0 Å². The van der Waals surface area contributed by atoms with Crippen LogP contribution in [0.3, 0.4) is 0 Å². The number of fused-ring (bicyclic) bond motifs is 5. The van der Waals surface area contributed by atoms with Crippen molar-refractivity contribution in [2.24, 2.45) is 0 Å². The van der Waals surface area contributed by atoms with E-state index in [1.165, 1.54) is 66.1 Å². The third-order valence-electron chi connectivity index (χ3n) is 7.84. The van der Waals surface area contributed by atoms with Gasteiger partial charge in [0.15, 0.2) is 0 Å². The Morgan fingerprint density at radius 1 is 0.400 bits per heavy atom. The molecule has 1 aliphatic rings. The smallest absolute Gasteiger partial charge is 0.0159 e. The van der Waals surface area contributed by atoms with Crippen molar-refractivity contribution in [3.05, 3.63) is 132 Å². The molecule has 0 atom stereocenters. The topological polar surface area (TPSA) is 0 Å². The molecule has 0 fully saturated rings. The van der Waals surface area contributed by atoms with Gasteiger partial charge in [-0.1, -0.05) is 111 Å². The molecule has 0 saturated heterocycles. The summed E-state index contributed by atoms with van der Waals surface area (Å²) < 4.78 is 0. The number of benzene rings is 6. The SMILES string of the molecule is CC1(C)c2ccccc2-c2ccc(-c3ccc4cc(-c5ccc6ccccc6c5)ccc4c3)cc21.[HH]. The van der Waals surface area contributed by atoms with Gasteiger partial charge in [-0.15, -0.1) is 0 Å². The number of hydrogen-bond acceptors (Lipinski definition) is 0. The number of hydrogen-bond donors (Lipinski definition) is 0. The normalized spacial score (nSPS) is 13.7. The minimum Gasteiger partial charge on any atom is -0.0619 e. The second kappa shape index (κ2) is 7.42. The maximum Gasteiger partial charge on any atom is 0.0159 e.